The van der Waals surface area contributed by atoms with Gasteiger partial charge in [0.1, 0.15) is 19.2 Å². The molecule has 1 aliphatic rings. The molecule has 0 fully saturated rings. The topological polar surface area (TPSA) is 95.9 Å². The van der Waals surface area contributed by atoms with Crippen LogP contribution in [-0.2, 0) is 14.3 Å². The number of nitrogens with one attached hydrogen (secondary N) is 1. The van der Waals surface area contributed by atoms with Gasteiger partial charge in [0.2, 0.25) is 5.91 Å². The van der Waals surface area contributed by atoms with Gasteiger partial charge < -0.3 is 20.1 Å². The molecule has 0 heterocycles. The van der Waals surface area contributed by atoms with E-state index in [2.05, 4.69) is 17.4 Å². The predicted octanol–water partition coefficient (Wildman–Crippen LogP) is 4.02. The lowest BCUT2D eigenvalue weighted by Gasteiger charge is -2.25. The Labute approximate surface area is 188 Å². The zero-order valence-corrected chi connectivity index (χ0v) is 18.5. The smallest absolute Gasteiger partial charge is 0.407 e. The molecule has 0 saturated carbocycles. The number of hydrogen-bond acceptors (Lipinski definition) is 4. The molecular weight excluding hydrogens is 408 g/mol. The number of carbonyl (C=O) groups is 3. The lowest BCUT2D eigenvalue weighted by molar-refractivity contribution is -0.145. The number of benzene rings is 2. The van der Waals surface area contributed by atoms with E-state index in [0.29, 0.717) is 6.42 Å². The summed E-state index contributed by atoms with van der Waals surface area (Å²) in [7, 11) is 0. The minimum Gasteiger partial charge on any atom is -0.480 e. The minimum absolute atomic E-state index is 0.0721. The zero-order chi connectivity index (χ0) is 23.1. The molecule has 2 aromatic carbocycles. The van der Waals surface area contributed by atoms with Crippen LogP contribution < -0.4 is 5.32 Å². The fourth-order valence-electron chi connectivity index (χ4n) is 4.18. The summed E-state index contributed by atoms with van der Waals surface area (Å²) < 4.78 is 5.56. The van der Waals surface area contributed by atoms with Crippen LogP contribution >= 0.6 is 0 Å². The summed E-state index contributed by atoms with van der Waals surface area (Å²) in [5, 5.41) is 11.7. The number of aliphatic carboxylic acids is 1. The van der Waals surface area contributed by atoms with E-state index in [0.717, 1.165) is 35.1 Å². The van der Waals surface area contributed by atoms with E-state index in [9.17, 15) is 14.4 Å². The monoisotopic (exact) mass is 438 g/mol. The maximum absolute atomic E-state index is 12.8. The molecule has 0 aliphatic heterocycles. The second-order valence-electron chi connectivity index (χ2n) is 7.91. The molecule has 0 saturated heterocycles. The van der Waals surface area contributed by atoms with Crippen LogP contribution in [0, 0.1) is 0 Å². The summed E-state index contributed by atoms with van der Waals surface area (Å²) in [5.41, 5.74) is 4.50. The first-order valence-electron chi connectivity index (χ1n) is 11.1. The van der Waals surface area contributed by atoms with Crippen molar-refractivity contribution in [3.05, 3.63) is 59.7 Å². The van der Waals surface area contributed by atoms with E-state index in [1.54, 1.807) is 6.92 Å². The molecule has 1 atom stereocenters. The average Bonchev–Trinajstić information content (AvgIpc) is 3.12. The third kappa shape index (κ3) is 5.28. The standard InChI is InChI=1S/C25H30N2O5/c1-3-5-14-22(24(30)27(4-2)15-23(28)29)26-25(31)32-16-21-19-12-8-6-10-17(19)18-11-7-9-13-20(18)21/h6-13,21-22H,3-5,14-16H2,1-2H3,(H,26,31)(H,28,29). The van der Waals surface area contributed by atoms with Crippen molar-refractivity contribution in [2.45, 2.75) is 45.1 Å². The normalized spacial score (nSPS) is 13.1. The third-order valence-corrected chi connectivity index (χ3v) is 5.80. The Balaban J connectivity index is 1.68. The van der Waals surface area contributed by atoms with Gasteiger partial charge in [0.05, 0.1) is 0 Å². The molecule has 2 aromatic rings. The number of alkyl carbamates (subject to hydrolysis) is 1. The van der Waals surface area contributed by atoms with Gasteiger partial charge in [0.25, 0.3) is 0 Å². The number of ether oxygens (including phenoxy) is 1. The molecule has 3 rings (SSSR count). The van der Waals surface area contributed by atoms with Gasteiger partial charge in [-0.3, -0.25) is 9.59 Å². The highest BCUT2D eigenvalue weighted by atomic mass is 16.5. The quantitative estimate of drug-likeness (QED) is 0.584. The summed E-state index contributed by atoms with van der Waals surface area (Å²) in [6.45, 7) is 3.71. The summed E-state index contributed by atoms with van der Waals surface area (Å²) in [6.07, 6.45) is 1.33. The molecule has 170 valence electrons. The summed E-state index contributed by atoms with van der Waals surface area (Å²) in [4.78, 5) is 37.8. The molecule has 2 N–H and O–H groups in total. The van der Waals surface area contributed by atoms with Gasteiger partial charge in [-0.1, -0.05) is 68.3 Å². The Kier molecular flexibility index (Phi) is 7.87. The molecule has 0 spiro atoms. The number of carboxylic acid groups (broad SMARTS) is 1. The van der Waals surface area contributed by atoms with Crippen LogP contribution in [-0.4, -0.2) is 53.7 Å². The first kappa shape index (κ1) is 23.3. The van der Waals surface area contributed by atoms with Crippen molar-refractivity contribution < 1.29 is 24.2 Å². The van der Waals surface area contributed by atoms with Gasteiger partial charge in [-0.25, -0.2) is 4.79 Å². The van der Waals surface area contributed by atoms with Crippen LogP contribution in [0.4, 0.5) is 4.79 Å². The van der Waals surface area contributed by atoms with Crippen LogP contribution in [0.5, 0.6) is 0 Å². The largest absolute Gasteiger partial charge is 0.480 e. The number of likely N-dealkylation sites (N-methyl/N-ethyl adjacent to an activating group) is 1. The van der Waals surface area contributed by atoms with Gasteiger partial charge in [-0.15, -0.1) is 0 Å². The van der Waals surface area contributed by atoms with Gasteiger partial charge in [0, 0.05) is 12.5 Å². The average molecular weight is 439 g/mol. The van der Waals surface area contributed by atoms with Crippen LogP contribution in [0.2, 0.25) is 0 Å². The number of carboxylic acids is 1. The third-order valence-electron chi connectivity index (χ3n) is 5.80. The number of nitrogens with zero attached hydrogens (tertiary/aromatic N) is 1. The van der Waals surface area contributed by atoms with Gasteiger partial charge in [0.15, 0.2) is 0 Å². The minimum atomic E-state index is -1.09. The Morgan fingerprint density at radius 1 is 1.03 bits per heavy atom. The van der Waals surface area contributed by atoms with Crippen LogP contribution in [0.3, 0.4) is 0 Å². The summed E-state index contributed by atoms with van der Waals surface area (Å²) in [6, 6.07) is 15.3. The van der Waals surface area contributed by atoms with E-state index in [1.165, 1.54) is 4.90 Å². The van der Waals surface area contributed by atoms with Gasteiger partial charge in [-0.2, -0.15) is 0 Å². The van der Waals surface area contributed by atoms with Gasteiger partial charge >= 0.3 is 12.1 Å². The Morgan fingerprint density at radius 2 is 1.62 bits per heavy atom. The second-order valence-corrected chi connectivity index (χ2v) is 7.91. The molecule has 7 nitrogen and oxygen atoms in total. The van der Waals surface area contributed by atoms with E-state index in [1.807, 2.05) is 43.3 Å². The molecule has 32 heavy (non-hydrogen) atoms. The van der Waals surface area contributed by atoms with Crippen molar-refractivity contribution >= 4 is 18.0 Å². The molecule has 7 heteroatoms. The molecule has 0 aromatic heterocycles. The Bertz CT molecular complexity index is 929. The highest BCUT2D eigenvalue weighted by Gasteiger charge is 2.30. The molecule has 1 aliphatic carbocycles. The number of unbranched alkanes of at least 4 members (excludes halogenated alkanes) is 1. The highest BCUT2D eigenvalue weighted by molar-refractivity contribution is 5.88. The molecule has 2 amide bonds. The summed E-state index contributed by atoms with van der Waals surface area (Å²) in [5.74, 6) is -1.57. The molecule has 1 unspecified atom stereocenters. The number of carbonyl (C=O) groups excluding carboxylic acids is 2. The fourth-order valence-corrected chi connectivity index (χ4v) is 4.18. The Morgan fingerprint density at radius 3 is 2.16 bits per heavy atom. The van der Waals surface area contributed by atoms with Crippen LogP contribution in [0.1, 0.15) is 50.2 Å². The van der Waals surface area contributed by atoms with Crippen molar-refractivity contribution in [3.8, 4) is 11.1 Å². The number of hydrogen-bond donors (Lipinski definition) is 2. The van der Waals surface area contributed by atoms with E-state index < -0.39 is 30.6 Å². The maximum atomic E-state index is 12.8. The van der Waals surface area contributed by atoms with E-state index in [4.69, 9.17) is 9.84 Å². The predicted molar refractivity (Wildman–Crippen MR) is 121 cm³/mol. The molecule has 0 radical (unpaired) electrons. The van der Waals surface area contributed by atoms with E-state index in [-0.39, 0.29) is 19.1 Å². The van der Waals surface area contributed by atoms with Gasteiger partial charge in [-0.05, 0) is 35.6 Å². The zero-order valence-electron chi connectivity index (χ0n) is 18.5. The number of rotatable bonds is 10. The molecular formula is C25H30N2O5. The molecule has 0 bridgehead atoms. The fraction of sp³-hybridized carbons (Fsp3) is 0.400. The summed E-state index contributed by atoms with van der Waals surface area (Å²) >= 11 is 0. The SMILES string of the molecule is CCCCC(NC(=O)OCC1c2ccccc2-c2ccccc21)C(=O)N(CC)CC(=O)O. The lowest BCUT2D eigenvalue weighted by Crippen LogP contribution is -2.50. The lowest BCUT2D eigenvalue weighted by atomic mass is 9.98. The number of amides is 2. The van der Waals surface area contributed by atoms with Crippen LogP contribution in [0.25, 0.3) is 11.1 Å². The van der Waals surface area contributed by atoms with Crippen molar-refractivity contribution in [1.29, 1.82) is 0 Å². The highest BCUT2D eigenvalue weighted by Crippen LogP contribution is 2.44. The second kappa shape index (κ2) is 10.8. The first-order valence-corrected chi connectivity index (χ1v) is 11.1. The van der Waals surface area contributed by atoms with Crippen LogP contribution in [0.15, 0.2) is 48.5 Å². The van der Waals surface area contributed by atoms with Crippen molar-refractivity contribution in [3.63, 3.8) is 0 Å². The van der Waals surface area contributed by atoms with E-state index >= 15 is 0 Å². The van der Waals surface area contributed by atoms with Crippen molar-refractivity contribution in [2.24, 2.45) is 0 Å². The first-order chi connectivity index (χ1) is 15.5. The van der Waals surface area contributed by atoms with Crippen molar-refractivity contribution in [2.75, 3.05) is 19.7 Å². The number of fused-ring (bicyclic) bond motifs is 3. The maximum Gasteiger partial charge on any atom is 0.407 e. The Hall–Kier alpha value is -3.35. The van der Waals surface area contributed by atoms with Crippen molar-refractivity contribution in [1.82, 2.24) is 10.2 Å².